The van der Waals surface area contributed by atoms with Crippen LogP contribution in [-0.2, 0) is 25.5 Å². The molecule has 2 amide bonds. The van der Waals surface area contributed by atoms with Gasteiger partial charge in [-0.25, -0.2) is 0 Å². The summed E-state index contributed by atoms with van der Waals surface area (Å²) in [7, 11) is 1.51. The van der Waals surface area contributed by atoms with Crippen molar-refractivity contribution in [1.82, 2.24) is 5.32 Å². The molecule has 0 bridgehead atoms. The summed E-state index contributed by atoms with van der Waals surface area (Å²) in [5, 5.41) is 2.43. The number of ether oxygens (including phenoxy) is 2. The van der Waals surface area contributed by atoms with Crippen molar-refractivity contribution in [2.45, 2.75) is 19.4 Å². The molecule has 0 unspecified atom stereocenters. The van der Waals surface area contributed by atoms with Crippen molar-refractivity contribution in [3.05, 3.63) is 29.8 Å². The van der Waals surface area contributed by atoms with Crippen LogP contribution in [-0.4, -0.2) is 37.5 Å². The predicted molar refractivity (Wildman–Crippen MR) is 74.5 cm³/mol. The molecule has 0 saturated carbocycles. The molecule has 0 aliphatic rings. The molecule has 0 aliphatic carbocycles. The maximum Gasteiger partial charge on any atom is 0.303 e. The topological polar surface area (TPSA) is 108 Å². The summed E-state index contributed by atoms with van der Waals surface area (Å²) in [6, 6.07) is 6.18. The van der Waals surface area contributed by atoms with Crippen LogP contribution in [0.15, 0.2) is 24.3 Å². The molecule has 7 nitrogen and oxygen atoms in total. The average Bonchev–Trinajstić information content (AvgIpc) is 2.44. The first-order valence-corrected chi connectivity index (χ1v) is 6.28. The van der Waals surface area contributed by atoms with Crippen LogP contribution in [0.1, 0.15) is 12.5 Å². The molecule has 0 aromatic heterocycles. The van der Waals surface area contributed by atoms with Gasteiger partial charge in [-0.1, -0.05) is 18.2 Å². The molecular weight excluding hydrogens is 276 g/mol. The number of rotatable bonds is 7. The number of benzene rings is 1. The van der Waals surface area contributed by atoms with Crippen LogP contribution in [0.4, 0.5) is 0 Å². The number of methoxy groups -OCH3 is 1. The quantitative estimate of drug-likeness (QED) is 0.675. The van der Waals surface area contributed by atoms with E-state index in [9.17, 15) is 14.4 Å². The number of nitrogens with two attached hydrogens (primary N) is 1. The van der Waals surface area contributed by atoms with E-state index in [0.29, 0.717) is 5.75 Å². The van der Waals surface area contributed by atoms with Crippen molar-refractivity contribution in [3.8, 4) is 5.75 Å². The van der Waals surface area contributed by atoms with Crippen LogP contribution in [0.25, 0.3) is 0 Å². The second-order valence-corrected chi connectivity index (χ2v) is 4.32. The number of para-hydroxylation sites is 1. The number of esters is 1. The van der Waals surface area contributed by atoms with Crippen molar-refractivity contribution < 1.29 is 23.9 Å². The third-order valence-corrected chi connectivity index (χ3v) is 2.70. The Labute approximate surface area is 122 Å². The summed E-state index contributed by atoms with van der Waals surface area (Å²) in [5.74, 6) is -1.26. The van der Waals surface area contributed by atoms with Gasteiger partial charge < -0.3 is 20.5 Å². The van der Waals surface area contributed by atoms with E-state index in [-0.39, 0.29) is 6.42 Å². The highest BCUT2D eigenvalue weighted by Crippen LogP contribution is 2.18. The number of nitrogens with one attached hydrogen (secondary N) is 1. The average molecular weight is 294 g/mol. The zero-order chi connectivity index (χ0) is 15.8. The Hall–Kier alpha value is -2.57. The van der Waals surface area contributed by atoms with E-state index in [2.05, 4.69) is 10.1 Å². The molecule has 7 heteroatoms. The number of primary amides is 1. The van der Waals surface area contributed by atoms with E-state index in [0.717, 1.165) is 5.56 Å². The molecule has 0 spiro atoms. The molecular formula is C14H18N2O5. The van der Waals surface area contributed by atoms with Crippen molar-refractivity contribution >= 4 is 17.8 Å². The highest BCUT2D eigenvalue weighted by Gasteiger charge is 2.20. The molecule has 1 aromatic carbocycles. The molecule has 1 aromatic rings. The predicted octanol–water partition coefficient (Wildman–Crippen LogP) is -0.229. The normalized spacial score (nSPS) is 11.3. The first-order valence-electron chi connectivity index (χ1n) is 6.28. The number of hydrogen-bond donors (Lipinski definition) is 2. The molecule has 1 rings (SSSR count). The van der Waals surface area contributed by atoms with Crippen molar-refractivity contribution in [1.29, 1.82) is 0 Å². The zero-order valence-electron chi connectivity index (χ0n) is 11.9. The first-order chi connectivity index (χ1) is 9.93. The summed E-state index contributed by atoms with van der Waals surface area (Å²) >= 11 is 0. The monoisotopic (exact) mass is 294 g/mol. The Balaban J connectivity index is 2.72. The van der Waals surface area contributed by atoms with Gasteiger partial charge in [0, 0.05) is 13.3 Å². The molecule has 21 heavy (non-hydrogen) atoms. The Morgan fingerprint density at radius 3 is 2.52 bits per heavy atom. The first kappa shape index (κ1) is 16.5. The molecule has 0 saturated heterocycles. The third kappa shape index (κ3) is 5.52. The minimum absolute atomic E-state index is 0.186. The maximum absolute atomic E-state index is 11.6. The summed E-state index contributed by atoms with van der Waals surface area (Å²) in [4.78, 5) is 33.6. The lowest BCUT2D eigenvalue weighted by Crippen LogP contribution is -2.47. The Kier molecular flexibility index (Phi) is 6.19. The van der Waals surface area contributed by atoms with E-state index in [1.54, 1.807) is 24.3 Å². The lowest BCUT2D eigenvalue weighted by molar-refractivity contribution is -0.146. The van der Waals surface area contributed by atoms with Gasteiger partial charge in [-0.3, -0.25) is 14.4 Å². The van der Waals surface area contributed by atoms with Gasteiger partial charge in [0.15, 0.2) is 6.61 Å². The fraction of sp³-hybridized carbons (Fsp3) is 0.357. The second kappa shape index (κ2) is 7.88. The molecule has 114 valence electrons. The lowest BCUT2D eigenvalue weighted by Gasteiger charge is -2.17. The smallest absolute Gasteiger partial charge is 0.303 e. The molecule has 0 aliphatic heterocycles. The lowest BCUT2D eigenvalue weighted by atomic mass is 10.0. The van der Waals surface area contributed by atoms with Crippen LogP contribution in [0.3, 0.4) is 0 Å². The summed E-state index contributed by atoms with van der Waals surface area (Å²) in [5.41, 5.74) is 6.01. The van der Waals surface area contributed by atoms with Crippen LogP contribution < -0.4 is 15.8 Å². The van der Waals surface area contributed by atoms with Gasteiger partial charge >= 0.3 is 5.97 Å². The van der Waals surface area contributed by atoms with E-state index in [1.807, 2.05) is 0 Å². The van der Waals surface area contributed by atoms with Crippen LogP contribution >= 0.6 is 0 Å². The summed E-state index contributed by atoms with van der Waals surface area (Å²) < 4.78 is 9.73. The number of amides is 2. The molecule has 0 radical (unpaired) electrons. The summed E-state index contributed by atoms with van der Waals surface area (Å²) in [6.07, 6.45) is 0.186. The number of hydrogen-bond acceptors (Lipinski definition) is 5. The van der Waals surface area contributed by atoms with Gasteiger partial charge in [-0.15, -0.1) is 0 Å². The molecule has 0 fully saturated rings. The van der Waals surface area contributed by atoms with Gasteiger partial charge in [0.05, 0.1) is 7.11 Å². The standard InChI is InChI=1S/C14H18N2O5/c1-9(17)21-8-13(18)16-11(14(15)19)7-10-5-3-4-6-12(10)20-2/h3-6,11H,7-8H2,1-2H3,(H2,15,19)(H,16,18)/t11-/m0/s1. The Bertz CT molecular complexity index is 530. The fourth-order valence-electron chi connectivity index (χ4n) is 1.72. The van der Waals surface area contributed by atoms with Crippen LogP contribution in [0.5, 0.6) is 5.75 Å². The summed E-state index contributed by atoms with van der Waals surface area (Å²) in [6.45, 7) is 0.735. The van der Waals surface area contributed by atoms with Gasteiger partial charge in [0.2, 0.25) is 5.91 Å². The van der Waals surface area contributed by atoms with Crippen molar-refractivity contribution in [2.75, 3.05) is 13.7 Å². The van der Waals surface area contributed by atoms with Crippen LogP contribution in [0, 0.1) is 0 Å². The van der Waals surface area contributed by atoms with Crippen molar-refractivity contribution in [2.24, 2.45) is 5.73 Å². The minimum Gasteiger partial charge on any atom is -0.496 e. The highest BCUT2D eigenvalue weighted by molar-refractivity contribution is 5.88. The highest BCUT2D eigenvalue weighted by atomic mass is 16.5. The van der Waals surface area contributed by atoms with Gasteiger partial charge in [-0.2, -0.15) is 0 Å². The molecule has 3 N–H and O–H groups in total. The molecule has 0 heterocycles. The maximum atomic E-state index is 11.6. The zero-order valence-corrected chi connectivity index (χ0v) is 11.9. The van der Waals surface area contributed by atoms with E-state index in [4.69, 9.17) is 10.5 Å². The Morgan fingerprint density at radius 2 is 1.95 bits per heavy atom. The second-order valence-electron chi connectivity index (χ2n) is 4.32. The molecule has 1 atom stereocenters. The van der Waals surface area contributed by atoms with E-state index >= 15 is 0 Å². The van der Waals surface area contributed by atoms with E-state index < -0.39 is 30.4 Å². The van der Waals surface area contributed by atoms with Gasteiger partial charge in [-0.05, 0) is 11.6 Å². The fourth-order valence-corrected chi connectivity index (χ4v) is 1.72. The minimum atomic E-state index is -0.913. The third-order valence-electron chi connectivity index (χ3n) is 2.70. The number of carbonyl (C=O) groups excluding carboxylic acids is 3. The van der Waals surface area contributed by atoms with E-state index in [1.165, 1.54) is 14.0 Å². The Morgan fingerprint density at radius 1 is 1.29 bits per heavy atom. The van der Waals surface area contributed by atoms with Crippen LogP contribution in [0.2, 0.25) is 0 Å². The largest absolute Gasteiger partial charge is 0.496 e. The van der Waals surface area contributed by atoms with Gasteiger partial charge in [0.25, 0.3) is 5.91 Å². The number of carbonyl (C=O) groups is 3. The van der Waals surface area contributed by atoms with Crippen molar-refractivity contribution in [3.63, 3.8) is 0 Å². The van der Waals surface area contributed by atoms with Gasteiger partial charge in [0.1, 0.15) is 11.8 Å². The SMILES string of the molecule is COc1ccccc1C[C@H](NC(=O)COC(C)=O)C(N)=O.